The van der Waals surface area contributed by atoms with Crippen LogP contribution in [-0.2, 0) is 23.3 Å². The smallest absolute Gasteiger partial charge is 0.0771 e. The molecule has 0 spiro atoms. The second kappa shape index (κ2) is 15.0. The molecule has 0 unspecified atom stereocenters. The minimum Gasteiger partial charge on any atom is -0.126 e. The van der Waals surface area contributed by atoms with E-state index in [1.165, 1.54) is 80.9 Å². The molecule has 0 atom stereocenters. The van der Waals surface area contributed by atoms with Gasteiger partial charge < -0.3 is 0 Å². The van der Waals surface area contributed by atoms with Crippen LogP contribution in [0.5, 0.6) is 0 Å². The van der Waals surface area contributed by atoms with Crippen LogP contribution < -0.4 is 10.4 Å². The van der Waals surface area contributed by atoms with E-state index in [0.29, 0.717) is 0 Å². The Hall–Kier alpha value is -5.14. The van der Waals surface area contributed by atoms with Crippen molar-refractivity contribution >= 4 is 69.7 Å². The molecule has 0 bridgehead atoms. The summed E-state index contributed by atoms with van der Waals surface area (Å²) < 4.78 is 0. The van der Waals surface area contributed by atoms with Crippen molar-refractivity contribution in [3.63, 3.8) is 0 Å². The van der Waals surface area contributed by atoms with Crippen molar-refractivity contribution in [2.75, 3.05) is 0 Å². The molecule has 0 nitrogen and oxygen atoms in total. The van der Waals surface area contributed by atoms with Gasteiger partial charge in [0.05, 0.1) is 0 Å². The maximum Gasteiger partial charge on any atom is -0.0771 e. The van der Waals surface area contributed by atoms with Gasteiger partial charge in [-0.15, -0.1) is 68.7 Å². The monoisotopic (exact) mass is 742 g/mol. The first-order valence-electron chi connectivity index (χ1n) is 17.4. The number of rotatable bonds is 3. The van der Waals surface area contributed by atoms with E-state index < -0.39 is 5.43 Å². The van der Waals surface area contributed by atoms with Gasteiger partial charge in [-0.25, -0.2) is 0 Å². The molecule has 0 aliphatic rings. The zero-order chi connectivity index (χ0) is 34.6. The van der Waals surface area contributed by atoms with Gasteiger partial charge in [0, 0.05) is 0 Å². The van der Waals surface area contributed by atoms with Crippen molar-refractivity contribution in [1.29, 1.82) is 0 Å². The predicted octanol–water partition coefficient (Wildman–Crippen LogP) is 11.9. The zero-order valence-corrected chi connectivity index (χ0v) is 32.0. The van der Waals surface area contributed by atoms with Gasteiger partial charge in [-0.05, 0) is 33.2 Å². The van der Waals surface area contributed by atoms with E-state index in [2.05, 4.69) is 207 Å². The molecule has 0 aliphatic heterocycles. The molecule has 0 aliphatic carbocycles. The van der Waals surface area contributed by atoms with Crippen molar-refractivity contribution < 1.29 is 23.3 Å². The Balaban J connectivity index is 0.000000118. The minimum atomic E-state index is -0.455. The van der Waals surface area contributed by atoms with Gasteiger partial charge >= 0.3 is 99.8 Å². The van der Waals surface area contributed by atoms with Crippen molar-refractivity contribution in [3.05, 3.63) is 206 Å². The summed E-state index contributed by atoms with van der Waals surface area (Å²) in [5.41, 5.74) is 3.54. The van der Waals surface area contributed by atoms with Crippen molar-refractivity contribution in [2.24, 2.45) is 0 Å². The summed E-state index contributed by atoms with van der Waals surface area (Å²) in [7, 11) is 0. The number of fused-ring (bicyclic) bond motifs is 7. The molecule has 0 amide bonds. The Kier molecular flexibility index (Phi) is 9.71. The molecule has 10 aromatic rings. The average Bonchev–Trinajstić information content (AvgIpc) is 3.79. The van der Waals surface area contributed by atoms with E-state index in [4.69, 9.17) is 0 Å². The van der Waals surface area contributed by atoms with Crippen molar-refractivity contribution in [2.45, 2.75) is 6.92 Å². The molecule has 0 N–H and O–H groups in total. The van der Waals surface area contributed by atoms with Gasteiger partial charge in [0.25, 0.3) is 0 Å². The van der Waals surface area contributed by atoms with Crippen LogP contribution in [0.2, 0.25) is 0 Å². The van der Waals surface area contributed by atoms with E-state index in [9.17, 15) is 0 Å². The first kappa shape index (κ1) is 33.0. The normalized spacial score (nSPS) is 11.0. The van der Waals surface area contributed by atoms with Gasteiger partial charge in [-0.3, -0.25) is 0 Å². The zero-order valence-electron chi connectivity index (χ0n) is 28.6. The molecule has 0 saturated heterocycles. The second-order valence-corrected chi connectivity index (χ2v) is 18.5. The topological polar surface area (TPSA) is 0 Å². The van der Waals surface area contributed by atoms with E-state index in [1.807, 2.05) is 0 Å². The maximum atomic E-state index is 2.35. The fraction of sp³-hybridized carbons (Fsp3) is 0.0204. The van der Waals surface area contributed by atoms with Crippen LogP contribution in [-0.4, -0.2) is 5.43 Å². The first-order chi connectivity index (χ1) is 25.2. The molecule has 0 radical (unpaired) electrons. The number of hydrogen-bond acceptors (Lipinski definition) is 0. The molecule has 0 fully saturated rings. The summed E-state index contributed by atoms with van der Waals surface area (Å²) in [5, 5.41) is 16.4. The Labute approximate surface area is 314 Å². The van der Waals surface area contributed by atoms with Crippen LogP contribution in [0.3, 0.4) is 0 Å². The van der Waals surface area contributed by atoms with Crippen LogP contribution in [0.25, 0.3) is 65.0 Å². The summed E-state index contributed by atoms with van der Waals surface area (Å²) >= 11 is 1.64. The quantitative estimate of drug-likeness (QED) is 0.0960. The molecule has 10 aromatic carbocycles. The van der Waals surface area contributed by atoms with Crippen LogP contribution in [0.15, 0.2) is 200 Å². The SMILES string of the molecule is Cc1c[cH-]c2cccc(-c3cc4ccccc4c4ccccc34)c12.[Zr+2]=[Si](c1ccccc1)c1ccccc1.c1ccc2c(c1)[cH-]c1ccccc12. The van der Waals surface area contributed by atoms with Crippen molar-refractivity contribution in [3.8, 4) is 11.1 Å². The van der Waals surface area contributed by atoms with Crippen LogP contribution in [0.1, 0.15) is 5.56 Å². The van der Waals surface area contributed by atoms with E-state index in [0.717, 1.165) is 0 Å². The Morgan fingerprint density at radius 2 is 0.922 bits per heavy atom. The van der Waals surface area contributed by atoms with Gasteiger partial charge in [0.1, 0.15) is 0 Å². The first-order valence-corrected chi connectivity index (χ1v) is 22.6. The van der Waals surface area contributed by atoms with Gasteiger partial charge in [0.15, 0.2) is 0 Å². The maximum absolute atomic E-state index is 2.35. The summed E-state index contributed by atoms with van der Waals surface area (Å²) in [6, 6.07) is 71.8. The molecule has 10 rings (SSSR count). The van der Waals surface area contributed by atoms with Gasteiger partial charge in [-0.2, -0.15) is 11.6 Å². The molecular weight excluding hydrogens is 708 g/mol. The standard InChI is InChI=1S/C24H17.C13H9.C12H10Si.Zr/c1-16-13-14-17-8-6-12-22(24(16)17)23-15-18-7-2-3-9-19(18)20-10-4-5-11-21(20)23;1-3-7-12-10(5-1)9-11-6-2-4-8-13(11)12;1-3-7-11(8-4-1)13-12-9-5-2-6-10-12;/h2-15H,1H3;1-9H;1-10H;/q2*-1;;+2. The largest absolute Gasteiger partial charge is 0.126 e. The van der Waals surface area contributed by atoms with Crippen LogP contribution in [0, 0.1) is 6.92 Å². The third-order valence-electron chi connectivity index (χ3n) is 9.71. The fourth-order valence-corrected chi connectivity index (χ4v) is 11.1. The molecule has 0 aromatic heterocycles. The Morgan fingerprint density at radius 1 is 0.431 bits per heavy atom. The summed E-state index contributed by atoms with van der Waals surface area (Å²) in [5.74, 6) is 0. The number of aryl methyl sites for hydroxylation is 1. The van der Waals surface area contributed by atoms with E-state index >= 15 is 0 Å². The molecule has 0 heterocycles. The van der Waals surface area contributed by atoms with E-state index in [1.54, 1.807) is 23.3 Å². The van der Waals surface area contributed by atoms with E-state index in [-0.39, 0.29) is 0 Å². The fourth-order valence-electron chi connectivity index (χ4n) is 7.23. The molecule has 2 heteroatoms. The van der Waals surface area contributed by atoms with Gasteiger partial charge in [0.2, 0.25) is 0 Å². The number of benzene rings is 8. The third-order valence-corrected chi connectivity index (χ3v) is 15.8. The van der Waals surface area contributed by atoms with Gasteiger partial charge in [-0.1, -0.05) is 103 Å². The Morgan fingerprint density at radius 3 is 1.55 bits per heavy atom. The minimum absolute atomic E-state index is 0.455. The molecule has 51 heavy (non-hydrogen) atoms. The average molecular weight is 744 g/mol. The summed E-state index contributed by atoms with van der Waals surface area (Å²) in [4.78, 5) is 0. The number of hydrogen-bond donors (Lipinski definition) is 0. The Bertz CT molecular complexity index is 2680. The second-order valence-electron chi connectivity index (χ2n) is 12.9. The summed E-state index contributed by atoms with van der Waals surface area (Å²) in [6.07, 6.45) is 0. The van der Waals surface area contributed by atoms with Crippen molar-refractivity contribution in [1.82, 2.24) is 0 Å². The third kappa shape index (κ3) is 6.83. The van der Waals surface area contributed by atoms with Crippen LogP contribution >= 0.6 is 0 Å². The summed E-state index contributed by atoms with van der Waals surface area (Å²) in [6.45, 7) is 2.20. The molecule has 240 valence electrons. The van der Waals surface area contributed by atoms with Crippen LogP contribution in [0.4, 0.5) is 0 Å². The molecule has 0 saturated carbocycles. The molecular formula is C49H36SiZr. The predicted molar refractivity (Wildman–Crippen MR) is 220 cm³/mol.